The Morgan fingerprint density at radius 1 is 1.25 bits per heavy atom. The van der Waals surface area contributed by atoms with Gasteiger partial charge in [0.1, 0.15) is 11.6 Å². The molecule has 0 aromatic heterocycles. The molecule has 1 amide bonds. The topological polar surface area (TPSA) is 133 Å². The third kappa shape index (κ3) is 5.55. The lowest BCUT2D eigenvalue weighted by Crippen LogP contribution is -2.61. The Kier molecular flexibility index (Phi) is 7.01. The molecular formula is C15H18F4N2O6S. The number of carbonyl (C=O) groups excluding carboxylic acids is 1. The van der Waals surface area contributed by atoms with Crippen LogP contribution >= 0.6 is 0 Å². The standard InChI is InChI=1S/C15H18F4N2O6S/c1-3-14(8(2)22,13(24)25)20-12(23)7-28(26,27)21-9-4-5-11(16)10(6-9)15(17,18)19/h4-6,8,21-22H,3,7H2,1-2H3,(H,20,23)(H,24,25). The van der Waals surface area contributed by atoms with Crippen molar-refractivity contribution in [1.29, 1.82) is 0 Å². The minimum atomic E-state index is -5.07. The number of halogens is 4. The van der Waals surface area contributed by atoms with E-state index in [1.165, 1.54) is 6.92 Å². The van der Waals surface area contributed by atoms with Gasteiger partial charge in [0.2, 0.25) is 15.9 Å². The first-order valence-corrected chi connectivity index (χ1v) is 9.39. The molecular weight excluding hydrogens is 412 g/mol. The van der Waals surface area contributed by atoms with Crippen LogP contribution in [0, 0.1) is 5.82 Å². The summed E-state index contributed by atoms with van der Waals surface area (Å²) in [6.07, 6.45) is -6.91. The SMILES string of the molecule is CCC(NC(=O)CS(=O)(=O)Nc1ccc(F)c(C(F)(F)F)c1)(C(=O)O)C(C)O. The third-order valence-corrected chi connectivity index (χ3v) is 5.07. The van der Waals surface area contributed by atoms with Gasteiger partial charge < -0.3 is 15.5 Å². The number of carboxylic acid groups (broad SMARTS) is 1. The number of alkyl halides is 3. The third-order valence-electron chi connectivity index (χ3n) is 3.88. The van der Waals surface area contributed by atoms with E-state index < -0.39 is 62.5 Å². The van der Waals surface area contributed by atoms with Crippen LogP contribution in [0.25, 0.3) is 0 Å². The van der Waals surface area contributed by atoms with Gasteiger partial charge in [0, 0.05) is 5.69 Å². The van der Waals surface area contributed by atoms with Gasteiger partial charge in [-0.05, 0) is 31.5 Å². The number of hydrogen-bond donors (Lipinski definition) is 4. The second-order valence-electron chi connectivity index (χ2n) is 5.91. The molecule has 0 fully saturated rings. The summed E-state index contributed by atoms with van der Waals surface area (Å²) in [6.45, 7) is 2.42. The maximum atomic E-state index is 13.2. The van der Waals surface area contributed by atoms with Gasteiger partial charge in [0.15, 0.2) is 5.54 Å². The Balaban J connectivity index is 3.01. The fourth-order valence-electron chi connectivity index (χ4n) is 2.35. The number of carbonyl (C=O) groups is 2. The van der Waals surface area contributed by atoms with Crippen LogP contribution in [0.5, 0.6) is 0 Å². The zero-order valence-corrected chi connectivity index (χ0v) is 15.5. The highest BCUT2D eigenvalue weighted by Crippen LogP contribution is 2.33. The molecule has 8 nitrogen and oxygen atoms in total. The van der Waals surface area contributed by atoms with Crippen LogP contribution in [0.15, 0.2) is 18.2 Å². The molecule has 0 aliphatic rings. The fourth-order valence-corrected chi connectivity index (χ4v) is 3.33. The number of benzene rings is 1. The normalized spacial score (nSPS) is 15.4. The molecule has 0 radical (unpaired) electrons. The molecule has 0 aliphatic heterocycles. The first-order chi connectivity index (χ1) is 12.6. The number of rotatable bonds is 8. The Morgan fingerprint density at radius 3 is 2.25 bits per heavy atom. The average Bonchev–Trinajstić information content (AvgIpc) is 2.51. The smallest absolute Gasteiger partial charge is 0.419 e. The van der Waals surface area contributed by atoms with Crippen LogP contribution in [0.4, 0.5) is 23.2 Å². The molecule has 0 bridgehead atoms. The Bertz CT molecular complexity index is 857. The van der Waals surface area contributed by atoms with E-state index in [4.69, 9.17) is 0 Å². The maximum absolute atomic E-state index is 13.2. The number of sulfonamides is 1. The molecule has 1 aromatic carbocycles. The Morgan fingerprint density at radius 2 is 1.82 bits per heavy atom. The number of hydrogen-bond acceptors (Lipinski definition) is 5. The fraction of sp³-hybridized carbons (Fsp3) is 0.467. The summed E-state index contributed by atoms with van der Waals surface area (Å²) in [5, 5.41) is 20.8. The lowest BCUT2D eigenvalue weighted by atomic mass is 9.90. The van der Waals surface area contributed by atoms with Gasteiger partial charge in [0.25, 0.3) is 0 Å². The van der Waals surface area contributed by atoms with Crippen LogP contribution in [-0.2, 0) is 25.8 Å². The van der Waals surface area contributed by atoms with E-state index in [0.29, 0.717) is 6.07 Å². The van der Waals surface area contributed by atoms with Crippen molar-refractivity contribution in [3.05, 3.63) is 29.6 Å². The van der Waals surface area contributed by atoms with E-state index in [9.17, 15) is 45.8 Å². The van der Waals surface area contributed by atoms with Gasteiger partial charge in [-0.3, -0.25) is 9.52 Å². The van der Waals surface area contributed by atoms with E-state index in [-0.39, 0.29) is 12.5 Å². The van der Waals surface area contributed by atoms with Crippen LogP contribution < -0.4 is 10.0 Å². The molecule has 0 heterocycles. The number of aliphatic hydroxyl groups excluding tert-OH is 1. The van der Waals surface area contributed by atoms with Crippen molar-refractivity contribution in [2.24, 2.45) is 0 Å². The van der Waals surface area contributed by atoms with Gasteiger partial charge in [-0.25, -0.2) is 17.6 Å². The molecule has 28 heavy (non-hydrogen) atoms. The number of amides is 1. The average molecular weight is 430 g/mol. The number of carboxylic acids is 1. The zero-order chi connectivity index (χ0) is 21.9. The second-order valence-corrected chi connectivity index (χ2v) is 7.63. The number of anilines is 1. The highest BCUT2D eigenvalue weighted by molar-refractivity contribution is 7.93. The molecule has 2 unspecified atom stereocenters. The largest absolute Gasteiger partial charge is 0.479 e. The van der Waals surface area contributed by atoms with E-state index in [1.807, 2.05) is 5.32 Å². The number of nitrogens with one attached hydrogen (secondary N) is 2. The van der Waals surface area contributed by atoms with E-state index >= 15 is 0 Å². The zero-order valence-electron chi connectivity index (χ0n) is 14.7. The summed E-state index contributed by atoms with van der Waals surface area (Å²) in [4.78, 5) is 23.3. The predicted molar refractivity (Wildman–Crippen MR) is 89.3 cm³/mol. The van der Waals surface area contributed by atoms with Gasteiger partial charge in [-0.1, -0.05) is 6.92 Å². The van der Waals surface area contributed by atoms with Crippen LogP contribution in [0.2, 0.25) is 0 Å². The van der Waals surface area contributed by atoms with Crippen molar-refractivity contribution >= 4 is 27.6 Å². The maximum Gasteiger partial charge on any atom is 0.419 e. The summed E-state index contributed by atoms with van der Waals surface area (Å²) in [6, 6.07) is 1.35. The van der Waals surface area contributed by atoms with Gasteiger partial charge in [-0.2, -0.15) is 13.2 Å². The van der Waals surface area contributed by atoms with E-state index in [2.05, 4.69) is 0 Å². The first kappa shape index (κ1) is 23.6. The molecule has 1 rings (SSSR count). The molecule has 0 saturated heterocycles. The highest BCUT2D eigenvalue weighted by atomic mass is 32.2. The molecule has 0 aliphatic carbocycles. The second kappa shape index (κ2) is 8.31. The van der Waals surface area contributed by atoms with Crippen molar-refractivity contribution in [2.75, 3.05) is 10.5 Å². The molecule has 158 valence electrons. The van der Waals surface area contributed by atoms with Crippen molar-refractivity contribution in [3.63, 3.8) is 0 Å². The summed E-state index contributed by atoms with van der Waals surface area (Å²) >= 11 is 0. The van der Waals surface area contributed by atoms with Crippen LogP contribution in [0.3, 0.4) is 0 Å². The summed E-state index contributed by atoms with van der Waals surface area (Å²) < 4.78 is 77.0. The van der Waals surface area contributed by atoms with E-state index in [1.54, 1.807) is 4.72 Å². The van der Waals surface area contributed by atoms with Crippen molar-refractivity contribution in [3.8, 4) is 0 Å². The summed E-state index contributed by atoms with van der Waals surface area (Å²) in [5.74, 6) is -5.86. The van der Waals surface area contributed by atoms with Gasteiger partial charge >= 0.3 is 12.1 Å². The molecule has 0 saturated carbocycles. The molecule has 13 heteroatoms. The Labute approximate surface area is 157 Å². The van der Waals surface area contributed by atoms with E-state index in [0.717, 1.165) is 13.0 Å². The molecule has 0 spiro atoms. The van der Waals surface area contributed by atoms with Crippen LogP contribution in [-0.4, -0.2) is 47.9 Å². The van der Waals surface area contributed by atoms with Crippen molar-refractivity contribution in [1.82, 2.24) is 5.32 Å². The monoisotopic (exact) mass is 430 g/mol. The first-order valence-electron chi connectivity index (χ1n) is 7.74. The van der Waals surface area contributed by atoms with Crippen molar-refractivity contribution in [2.45, 2.75) is 38.1 Å². The predicted octanol–water partition coefficient (Wildman–Crippen LogP) is 1.32. The lowest BCUT2D eigenvalue weighted by Gasteiger charge is -2.32. The van der Waals surface area contributed by atoms with Gasteiger partial charge in [0.05, 0.1) is 11.7 Å². The molecule has 4 N–H and O–H groups in total. The highest BCUT2D eigenvalue weighted by Gasteiger charge is 2.43. The number of aliphatic hydroxyl groups is 1. The Hall–Kier alpha value is -2.41. The molecule has 1 aromatic rings. The van der Waals surface area contributed by atoms with Crippen molar-refractivity contribution < 1.29 is 45.8 Å². The summed E-state index contributed by atoms with van der Waals surface area (Å²) in [5.41, 5.74) is -4.49. The molecule has 2 atom stereocenters. The lowest BCUT2D eigenvalue weighted by molar-refractivity contribution is -0.152. The minimum Gasteiger partial charge on any atom is -0.479 e. The number of aliphatic carboxylic acids is 1. The van der Waals surface area contributed by atoms with Crippen LogP contribution in [0.1, 0.15) is 25.8 Å². The minimum absolute atomic E-state index is 0.216. The van der Waals surface area contributed by atoms with Gasteiger partial charge in [-0.15, -0.1) is 0 Å². The summed E-state index contributed by atoms with van der Waals surface area (Å²) in [7, 11) is -4.57. The quantitative estimate of drug-likeness (QED) is 0.460.